The topological polar surface area (TPSA) is 30.5 Å². The third kappa shape index (κ3) is 3.05. The Morgan fingerprint density at radius 2 is 1.82 bits per heavy atom. The smallest absolute Gasteiger partial charge is 0.163 e. The van der Waals surface area contributed by atoms with Crippen LogP contribution in [0.25, 0.3) is 0 Å². The van der Waals surface area contributed by atoms with Crippen molar-refractivity contribution in [2.24, 2.45) is 5.92 Å². The van der Waals surface area contributed by atoms with E-state index in [4.69, 9.17) is 9.47 Å². The minimum atomic E-state index is 0.642. The van der Waals surface area contributed by atoms with Crippen molar-refractivity contribution in [2.75, 3.05) is 25.1 Å². The van der Waals surface area contributed by atoms with Gasteiger partial charge in [-0.15, -0.1) is 0 Å². The molecule has 1 aromatic carbocycles. The fourth-order valence-corrected chi connectivity index (χ4v) is 1.99. The van der Waals surface area contributed by atoms with Gasteiger partial charge in [-0.05, 0) is 18.1 Å². The van der Waals surface area contributed by atoms with Crippen molar-refractivity contribution < 1.29 is 9.47 Å². The maximum Gasteiger partial charge on any atom is 0.163 e. The number of rotatable bonds is 5. The standard InChI is InChI=1S/C14H21NO2/c1-3-11(4-2)10-15-12-5-6-13-14(9-12)17-8-7-16-13/h5-6,9,11,15H,3-4,7-8,10H2,1-2H3. The molecule has 2 rings (SSSR count). The molecule has 1 heterocycles. The predicted molar refractivity (Wildman–Crippen MR) is 70.0 cm³/mol. The first-order valence-electron chi connectivity index (χ1n) is 6.47. The van der Waals surface area contributed by atoms with Gasteiger partial charge in [-0.1, -0.05) is 26.7 Å². The lowest BCUT2D eigenvalue weighted by Gasteiger charge is -2.20. The summed E-state index contributed by atoms with van der Waals surface area (Å²) in [6.07, 6.45) is 2.43. The molecule has 1 aromatic rings. The SMILES string of the molecule is CCC(CC)CNc1ccc2c(c1)OCCO2. The van der Waals surface area contributed by atoms with Gasteiger partial charge in [0, 0.05) is 18.3 Å². The van der Waals surface area contributed by atoms with Crippen molar-refractivity contribution >= 4 is 5.69 Å². The summed E-state index contributed by atoms with van der Waals surface area (Å²) in [4.78, 5) is 0. The van der Waals surface area contributed by atoms with Crippen LogP contribution in [0, 0.1) is 5.92 Å². The van der Waals surface area contributed by atoms with Crippen LogP contribution in [0.15, 0.2) is 18.2 Å². The van der Waals surface area contributed by atoms with E-state index in [9.17, 15) is 0 Å². The molecule has 0 aliphatic carbocycles. The first-order chi connectivity index (χ1) is 8.33. The van der Waals surface area contributed by atoms with E-state index in [1.165, 1.54) is 12.8 Å². The second-order valence-electron chi connectivity index (χ2n) is 4.42. The van der Waals surface area contributed by atoms with Gasteiger partial charge in [0.05, 0.1) is 0 Å². The van der Waals surface area contributed by atoms with E-state index >= 15 is 0 Å². The molecule has 0 bridgehead atoms. The molecule has 0 atom stereocenters. The van der Waals surface area contributed by atoms with Gasteiger partial charge < -0.3 is 14.8 Å². The molecule has 0 amide bonds. The number of fused-ring (bicyclic) bond motifs is 1. The highest BCUT2D eigenvalue weighted by atomic mass is 16.6. The van der Waals surface area contributed by atoms with Crippen molar-refractivity contribution in [3.63, 3.8) is 0 Å². The Morgan fingerprint density at radius 3 is 2.53 bits per heavy atom. The lowest BCUT2D eigenvalue weighted by molar-refractivity contribution is 0.171. The Balaban J connectivity index is 1.97. The summed E-state index contributed by atoms with van der Waals surface area (Å²) < 4.78 is 11.1. The second kappa shape index (κ2) is 5.80. The summed E-state index contributed by atoms with van der Waals surface area (Å²) in [6, 6.07) is 6.05. The predicted octanol–water partition coefficient (Wildman–Crippen LogP) is 3.31. The van der Waals surface area contributed by atoms with E-state index < -0.39 is 0 Å². The molecule has 0 aromatic heterocycles. The highest BCUT2D eigenvalue weighted by molar-refractivity contribution is 5.55. The molecule has 0 radical (unpaired) electrons. The number of anilines is 1. The maximum absolute atomic E-state index is 5.56. The van der Waals surface area contributed by atoms with E-state index in [2.05, 4.69) is 25.2 Å². The summed E-state index contributed by atoms with van der Waals surface area (Å²) in [5.41, 5.74) is 1.11. The molecular formula is C14H21NO2. The van der Waals surface area contributed by atoms with Crippen molar-refractivity contribution in [1.29, 1.82) is 0 Å². The van der Waals surface area contributed by atoms with Crippen LogP contribution in [-0.2, 0) is 0 Å². The normalized spacial score (nSPS) is 13.8. The summed E-state index contributed by atoms with van der Waals surface area (Å²) in [5.74, 6) is 2.44. The Hall–Kier alpha value is -1.38. The van der Waals surface area contributed by atoms with Gasteiger partial charge in [-0.3, -0.25) is 0 Å². The largest absolute Gasteiger partial charge is 0.486 e. The zero-order valence-electron chi connectivity index (χ0n) is 10.7. The van der Waals surface area contributed by atoms with Gasteiger partial charge >= 0.3 is 0 Å². The van der Waals surface area contributed by atoms with E-state index in [1.807, 2.05) is 12.1 Å². The zero-order chi connectivity index (χ0) is 12.1. The third-order valence-corrected chi connectivity index (χ3v) is 3.29. The number of ether oxygens (including phenoxy) is 2. The monoisotopic (exact) mass is 235 g/mol. The van der Waals surface area contributed by atoms with Crippen LogP contribution in [0.4, 0.5) is 5.69 Å². The molecular weight excluding hydrogens is 214 g/mol. The van der Waals surface area contributed by atoms with Crippen LogP contribution in [0.2, 0.25) is 0 Å². The molecule has 0 saturated carbocycles. The molecule has 0 fully saturated rings. The van der Waals surface area contributed by atoms with E-state index in [0.717, 1.165) is 29.6 Å². The van der Waals surface area contributed by atoms with Crippen molar-refractivity contribution in [2.45, 2.75) is 26.7 Å². The fourth-order valence-electron chi connectivity index (χ4n) is 1.99. The number of hydrogen-bond acceptors (Lipinski definition) is 3. The zero-order valence-corrected chi connectivity index (χ0v) is 10.7. The fraction of sp³-hybridized carbons (Fsp3) is 0.571. The van der Waals surface area contributed by atoms with Gasteiger partial charge in [-0.25, -0.2) is 0 Å². The highest BCUT2D eigenvalue weighted by Crippen LogP contribution is 2.32. The first-order valence-corrected chi connectivity index (χ1v) is 6.47. The van der Waals surface area contributed by atoms with Crippen molar-refractivity contribution in [3.8, 4) is 11.5 Å². The molecule has 0 unspecified atom stereocenters. The van der Waals surface area contributed by atoms with E-state index in [0.29, 0.717) is 13.2 Å². The van der Waals surface area contributed by atoms with Crippen LogP contribution in [0.1, 0.15) is 26.7 Å². The molecule has 1 aliphatic rings. The maximum atomic E-state index is 5.56. The van der Waals surface area contributed by atoms with Gasteiger partial charge in [0.1, 0.15) is 13.2 Å². The molecule has 3 heteroatoms. The average molecular weight is 235 g/mol. The number of hydrogen-bond donors (Lipinski definition) is 1. The van der Waals surface area contributed by atoms with E-state index in [-0.39, 0.29) is 0 Å². The van der Waals surface area contributed by atoms with Crippen LogP contribution < -0.4 is 14.8 Å². The van der Waals surface area contributed by atoms with Crippen LogP contribution in [-0.4, -0.2) is 19.8 Å². The second-order valence-corrected chi connectivity index (χ2v) is 4.42. The van der Waals surface area contributed by atoms with Gasteiger partial charge in [-0.2, -0.15) is 0 Å². The summed E-state index contributed by atoms with van der Waals surface area (Å²) in [6.45, 7) is 6.78. The number of nitrogens with one attached hydrogen (secondary N) is 1. The Labute approximate surface area is 103 Å². The number of benzene rings is 1. The van der Waals surface area contributed by atoms with Crippen LogP contribution >= 0.6 is 0 Å². The van der Waals surface area contributed by atoms with Crippen molar-refractivity contribution in [1.82, 2.24) is 0 Å². The summed E-state index contributed by atoms with van der Waals surface area (Å²) in [5, 5.41) is 3.46. The van der Waals surface area contributed by atoms with Gasteiger partial charge in [0.15, 0.2) is 11.5 Å². The molecule has 94 valence electrons. The Kier molecular flexibility index (Phi) is 4.13. The van der Waals surface area contributed by atoms with Gasteiger partial charge in [0.2, 0.25) is 0 Å². The molecule has 0 saturated heterocycles. The third-order valence-electron chi connectivity index (χ3n) is 3.29. The van der Waals surface area contributed by atoms with Crippen LogP contribution in [0.5, 0.6) is 11.5 Å². The first kappa shape index (κ1) is 12.1. The summed E-state index contributed by atoms with van der Waals surface area (Å²) in [7, 11) is 0. The molecule has 3 nitrogen and oxygen atoms in total. The lowest BCUT2D eigenvalue weighted by atomic mass is 10.0. The molecule has 1 N–H and O–H groups in total. The minimum absolute atomic E-state index is 0.642. The quantitative estimate of drug-likeness (QED) is 0.849. The van der Waals surface area contributed by atoms with Crippen LogP contribution in [0.3, 0.4) is 0 Å². The van der Waals surface area contributed by atoms with Gasteiger partial charge in [0.25, 0.3) is 0 Å². The van der Waals surface area contributed by atoms with E-state index in [1.54, 1.807) is 0 Å². The molecule has 1 aliphatic heterocycles. The Morgan fingerprint density at radius 1 is 1.12 bits per heavy atom. The lowest BCUT2D eigenvalue weighted by Crippen LogP contribution is -2.16. The minimum Gasteiger partial charge on any atom is -0.486 e. The molecule has 17 heavy (non-hydrogen) atoms. The van der Waals surface area contributed by atoms with Crippen molar-refractivity contribution in [3.05, 3.63) is 18.2 Å². The highest BCUT2D eigenvalue weighted by Gasteiger charge is 2.11. The Bertz CT molecular complexity index is 361. The average Bonchev–Trinajstić information content (AvgIpc) is 2.40. The molecule has 0 spiro atoms. The summed E-state index contributed by atoms with van der Waals surface area (Å²) >= 11 is 0.